The molecule has 1 saturated carbocycles. The summed E-state index contributed by atoms with van der Waals surface area (Å²) in [6, 6.07) is 9.62. The fraction of sp³-hybridized carbons (Fsp3) is 0.588. The lowest BCUT2D eigenvalue weighted by atomic mass is 9.98. The molecule has 2 N–H and O–H groups in total. The molecule has 0 radical (unpaired) electrons. The first kappa shape index (κ1) is 16.0. The average molecular weight is 288 g/mol. The van der Waals surface area contributed by atoms with Crippen LogP contribution in [0.5, 0.6) is 0 Å². The van der Waals surface area contributed by atoms with Crippen LogP contribution in [-0.2, 0) is 11.3 Å². The van der Waals surface area contributed by atoms with Gasteiger partial charge in [0.15, 0.2) is 0 Å². The molecule has 114 valence electrons. The van der Waals surface area contributed by atoms with E-state index in [1.54, 1.807) is 6.07 Å². The Morgan fingerprint density at radius 1 is 1.33 bits per heavy atom. The van der Waals surface area contributed by atoms with E-state index in [-0.39, 0.29) is 0 Å². The number of rotatable bonds is 7. The first-order valence-electron chi connectivity index (χ1n) is 7.77. The Morgan fingerprint density at radius 2 is 2.14 bits per heavy atom. The number of aliphatic hydroxyl groups is 1. The molecule has 0 saturated heterocycles. The number of nitrogens with one attached hydrogen (secondary N) is 1. The molecule has 1 aromatic carbocycles. The van der Waals surface area contributed by atoms with E-state index >= 15 is 0 Å². The zero-order chi connectivity index (χ0) is 14.9. The standard InChI is InChI=1S/C17H24N2O2/c18-10-14-5-4-6-15(9-14)11-19-12-16(20)13-21-17-7-2-1-3-8-17/h4-6,9,16-17,19-20H,1-3,7-8,11-13H2. The topological polar surface area (TPSA) is 65.3 Å². The van der Waals surface area contributed by atoms with Gasteiger partial charge in [-0.3, -0.25) is 0 Å². The van der Waals surface area contributed by atoms with Gasteiger partial charge in [-0.1, -0.05) is 31.4 Å². The molecule has 1 atom stereocenters. The maximum absolute atomic E-state index is 9.92. The van der Waals surface area contributed by atoms with Crippen molar-refractivity contribution in [3.8, 4) is 6.07 Å². The molecule has 0 aliphatic heterocycles. The monoisotopic (exact) mass is 288 g/mol. The van der Waals surface area contributed by atoms with Crippen LogP contribution in [0.25, 0.3) is 0 Å². The SMILES string of the molecule is N#Cc1cccc(CNCC(O)COC2CCCCC2)c1. The molecular weight excluding hydrogens is 264 g/mol. The molecule has 1 aromatic rings. The molecule has 1 aliphatic carbocycles. The lowest BCUT2D eigenvalue weighted by Gasteiger charge is -2.23. The van der Waals surface area contributed by atoms with Crippen LogP contribution < -0.4 is 5.32 Å². The van der Waals surface area contributed by atoms with Crippen molar-refractivity contribution >= 4 is 0 Å². The van der Waals surface area contributed by atoms with Crippen LogP contribution in [0, 0.1) is 11.3 Å². The van der Waals surface area contributed by atoms with Gasteiger partial charge in [0.25, 0.3) is 0 Å². The molecular formula is C17H24N2O2. The van der Waals surface area contributed by atoms with Gasteiger partial charge >= 0.3 is 0 Å². The van der Waals surface area contributed by atoms with E-state index < -0.39 is 6.10 Å². The van der Waals surface area contributed by atoms with Gasteiger partial charge in [0.1, 0.15) is 0 Å². The first-order chi connectivity index (χ1) is 10.3. The van der Waals surface area contributed by atoms with E-state index in [0.29, 0.717) is 31.4 Å². The van der Waals surface area contributed by atoms with E-state index in [9.17, 15) is 5.11 Å². The molecule has 2 rings (SSSR count). The van der Waals surface area contributed by atoms with Crippen LogP contribution in [0.3, 0.4) is 0 Å². The third kappa shape index (κ3) is 5.84. The molecule has 0 aromatic heterocycles. The Morgan fingerprint density at radius 3 is 2.90 bits per heavy atom. The molecule has 1 fully saturated rings. The lowest BCUT2D eigenvalue weighted by molar-refractivity contribution is -0.0230. The van der Waals surface area contributed by atoms with Crippen molar-refractivity contribution < 1.29 is 9.84 Å². The minimum absolute atomic E-state index is 0.334. The molecule has 0 heterocycles. The van der Waals surface area contributed by atoms with Crippen LogP contribution in [0.1, 0.15) is 43.2 Å². The number of nitrogens with zero attached hydrogens (tertiary/aromatic N) is 1. The molecule has 4 heteroatoms. The van der Waals surface area contributed by atoms with Crippen molar-refractivity contribution in [2.24, 2.45) is 0 Å². The Hall–Kier alpha value is -1.41. The second-order valence-electron chi connectivity index (χ2n) is 5.69. The van der Waals surface area contributed by atoms with Gasteiger partial charge in [-0.25, -0.2) is 0 Å². The van der Waals surface area contributed by atoms with Crippen molar-refractivity contribution in [2.75, 3.05) is 13.2 Å². The number of nitriles is 1. The fourth-order valence-electron chi connectivity index (χ4n) is 2.67. The molecule has 1 unspecified atom stereocenters. The van der Waals surface area contributed by atoms with Crippen LogP contribution in [0.2, 0.25) is 0 Å². The average Bonchev–Trinajstić information content (AvgIpc) is 2.54. The number of hydrogen-bond donors (Lipinski definition) is 2. The second-order valence-corrected chi connectivity index (χ2v) is 5.69. The van der Waals surface area contributed by atoms with Gasteiger partial charge in [-0.05, 0) is 30.5 Å². The summed E-state index contributed by atoms with van der Waals surface area (Å²) < 4.78 is 5.75. The quantitative estimate of drug-likeness (QED) is 0.808. The maximum Gasteiger partial charge on any atom is 0.0991 e. The summed E-state index contributed by atoms with van der Waals surface area (Å²) in [7, 11) is 0. The third-order valence-corrected chi connectivity index (χ3v) is 3.84. The van der Waals surface area contributed by atoms with Gasteiger partial charge in [-0.15, -0.1) is 0 Å². The number of ether oxygens (including phenoxy) is 1. The normalized spacial score (nSPS) is 17.3. The molecule has 0 spiro atoms. The zero-order valence-electron chi connectivity index (χ0n) is 12.4. The molecule has 0 bridgehead atoms. The molecule has 4 nitrogen and oxygen atoms in total. The largest absolute Gasteiger partial charge is 0.389 e. The van der Waals surface area contributed by atoms with Crippen LogP contribution in [0.15, 0.2) is 24.3 Å². The fourth-order valence-corrected chi connectivity index (χ4v) is 2.67. The number of hydrogen-bond acceptors (Lipinski definition) is 4. The molecule has 21 heavy (non-hydrogen) atoms. The summed E-state index contributed by atoms with van der Waals surface area (Å²) in [6.45, 7) is 1.55. The highest BCUT2D eigenvalue weighted by Gasteiger charge is 2.15. The van der Waals surface area contributed by atoms with Gasteiger partial charge in [0.2, 0.25) is 0 Å². The predicted molar refractivity (Wildman–Crippen MR) is 81.7 cm³/mol. The van der Waals surface area contributed by atoms with Gasteiger partial charge < -0.3 is 15.2 Å². The zero-order valence-corrected chi connectivity index (χ0v) is 12.4. The lowest BCUT2D eigenvalue weighted by Crippen LogP contribution is -2.32. The maximum atomic E-state index is 9.92. The minimum Gasteiger partial charge on any atom is -0.389 e. The number of benzene rings is 1. The summed E-state index contributed by atoms with van der Waals surface area (Å²) in [5, 5.41) is 22.0. The molecule has 0 amide bonds. The molecule has 1 aliphatic rings. The summed E-state index contributed by atoms with van der Waals surface area (Å²) in [5.41, 5.74) is 1.71. The number of aliphatic hydroxyl groups excluding tert-OH is 1. The Bertz CT molecular complexity index is 464. The van der Waals surface area contributed by atoms with Crippen molar-refractivity contribution in [2.45, 2.75) is 50.9 Å². The van der Waals surface area contributed by atoms with E-state index in [0.717, 1.165) is 18.4 Å². The Balaban J connectivity index is 1.62. The third-order valence-electron chi connectivity index (χ3n) is 3.84. The van der Waals surface area contributed by atoms with Crippen LogP contribution >= 0.6 is 0 Å². The van der Waals surface area contributed by atoms with E-state index in [1.807, 2.05) is 18.2 Å². The highest BCUT2D eigenvalue weighted by molar-refractivity contribution is 5.32. The smallest absolute Gasteiger partial charge is 0.0991 e. The summed E-state index contributed by atoms with van der Waals surface area (Å²) in [6.07, 6.45) is 5.91. The van der Waals surface area contributed by atoms with Crippen molar-refractivity contribution in [3.05, 3.63) is 35.4 Å². The minimum atomic E-state index is -0.480. The van der Waals surface area contributed by atoms with Crippen molar-refractivity contribution in [1.82, 2.24) is 5.32 Å². The van der Waals surface area contributed by atoms with Gasteiger partial charge in [0, 0.05) is 13.1 Å². The van der Waals surface area contributed by atoms with Crippen LogP contribution in [0.4, 0.5) is 0 Å². The Kier molecular flexibility index (Phi) is 6.68. The second kappa shape index (κ2) is 8.78. The predicted octanol–water partition coefficient (Wildman–Crippen LogP) is 2.36. The van der Waals surface area contributed by atoms with E-state index in [2.05, 4.69) is 11.4 Å². The highest BCUT2D eigenvalue weighted by Crippen LogP contribution is 2.20. The van der Waals surface area contributed by atoms with Crippen molar-refractivity contribution in [1.29, 1.82) is 5.26 Å². The van der Waals surface area contributed by atoms with E-state index in [1.165, 1.54) is 19.3 Å². The van der Waals surface area contributed by atoms with Gasteiger partial charge in [-0.2, -0.15) is 5.26 Å². The summed E-state index contributed by atoms with van der Waals surface area (Å²) in [4.78, 5) is 0. The van der Waals surface area contributed by atoms with E-state index in [4.69, 9.17) is 10.00 Å². The van der Waals surface area contributed by atoms with Crippen LogP contribution in [-0.4, -0.2) is 30.5 Å². The summed E-state index contributed by atoms with van der Waals surface area (Å²) in [5.74, 6) is 0. The van der Waals surface area contributed by atoms with Gasteiger partial charge in [0.05, 0.1) is 30.4 Å². The highest BCUT2D eigenvalue weighted by atomic mass is 16.5. The first-order valence-corrected chi connectivity index (χ1v) is 7.77. The summed E-state index contributed by atoms with van der Waals surface area (Å²) >= 11 is 0. The van der Waals surface area contributed by atoms with Crippen molar-refractivity contribution in [3.63, 3.8) is 0 Å². The Labute approximate surface area is 126 Å².